The van der Waals surface area contributed by atoms with Gasteiger partial charge >= 0.3 is 0 Å². The van der Waals surface area contributed by atoms with E-state index in [-0.39, 0.29) is 5.41 Å². The van der Waals surface area contributed by atoms with E-state index in [0.29, 0.717) is 54.0 Å². The van der Waals surface area contributed by atoms with Gasteiger partial charge in [-0.15, -0.1) is 0 Å². The molecule has 3 aliphatic carbocycles. The smallest absolute Gasteiger partial charge is 0.161 e. The summed E-state index contributed by atoms with van der Waals surface area (Å²) in [6, 6.07) is 5.89. The first kappa shape index (κ1) is 27.4. The Bertz CT molecular complexity index is 1230. The Kier molecular flexibility index (Phi) is 8.39. The molecule has 0 N–H and O–H groups in total. The van der Waals surface area contributed by atoms with E-state index in [4.69, 9.17) is 9.47 Å². The quantitative estimate of drug-likeness (QED) is 0.194. The van der Waals surface area contributed by atoms with Crippen molar-refractivity contribution in [3.63, 3.8) is 0 Å². The zero-order valence-corrected chi connectivity index (χ0v) is 23.6. The van der Waals surface area contributed by atoms with Crippen molar-refractivity contribution in [2.24, 2.45) is 29.1 Å². The van der Waals surface area contributed by atoms with Crippen molar-refractivity contribution in [1.29, 1.82) is 0 Å². The van der Waals surface area contributed by atoms with Crippen LogP contribution in [-0.2, 0) is 16.1 Å². The number of carbonyl (C=O) groups excluding carboxylic acids is 2. The minimum Gasteiger partial charge on any atom is -0.493 e. The highest BCUT2D eigenvalue weighted by atomic mass is 16.5. The number of nitrogens with zero attached hydrogens (tertiary/aromatic N) is 2. The van der Waals surface area contributed by atoms with E-state index in [0.717, 1.165) is 56.1 Å². The van der Waals surface area contributed by atoms with Crippen molar-refractivity contribution in [2.45, 2.75) is 71.8 Å². The third kappa shape index (κ3) is 5.90. The maximum Gasteiger partial charge on any atom is 0.161 e. The number of imidazole rings is 1. The van der Waals surface area contributed by atoms with Crippen LogP contribution in [0.4, 0.5) is 0 Å². The standard InChI is InChI=1S/C33H42N2O4/c1-23-5-9-30-28(8-7-26-20-27(37)11-12-33(26,30)2)29(23)18-25(21-36)17-24-6-10-31(32(19-24)38-3)39-16-4-14-35-15-13-34-22-35/h6,10,13,15,17,19-23,28-30H,4-5,7-9,11-12,14,16,18H2,1-3H3/b25-17+. The van der Waals surface area contributed by atoms with E-state index in [1.807, 2.05) is 47.4 Å². The summed E-state index contributed by atoms with van der Waals surface area (Å²) in [6.45, 7) is 6.19. The average Bonchev–Trinajstić information content (AvgIpc) is 3.46. The third-order valence-electron chi connectivity index (χ3n) is 9.80. The summed E-state index contributed by atoms with van der Waals surface area (Å²) < 4.78 is 13.6. The van der Waals surface area contributed by atoms with Crippen LogP contribution in [0, 0.1) is 29.1 Å². The summed E-state index contributed by atoms with van der Waals surface area (Å²) in [5, 5.41) is 0. The molecule has 5 atom stereocenters. The number of ketones is 1. The summed E-state index contributed by atoms with van der Waals surface area (Å²) in [6.07, 6.45) is 18.4. The summed E-state index contributed by atoms with van der Waals surface area (Å²) in [4.78, 5) is 28.5. The van der Waals surface area contributed by atoms with Crippen LogP contribution in [0.25, 0.3) is 6.08 Å². The highest BCUT2D eigenvalue weighted by Crippen LogP contribution is 2.59. The van der Waals surface area contributed by atoms with E-state index in [1.54, 1.807) is 13.3 Å². The molecule has 6 nitrogen and oxygen atoms in total. The number of fused-ring (bicyclic) bond motifs is 3. The Hall–Kier alpha value is -3.15. The molecular weight excluding hydrogens is 488 g/mol. The zero-order valence-electron chi connectivity index (χ0n) is 23.6. The Labute approximate surface area is 232 Å². The highest BCUT2D eigenvalue weighted by molar-refractivity contribution is 5.91. The monoisotopic (exact) mass is 530 g/mol. The summed E-state index contributed by atoms with van der Waals surface area (Å²) in [5.74, 6) is 3.95. The molecule has 39 heavy (non-hydrogen) atoms. The lowest BCUT2D eigenvalue weighted by Gasteiger charge is -2.55. The predicted octanol–water partition coefficient (Wildman–Crippen LogP) is 6.70. The lowest BCUT2D eigenvalue weighted by Crippen LogP contribution is -2.47. The van der Waals surface area contributed by atoms with Gasteiger partial charge in [0.1, 0.15) is 6.29 Å². The summed E-state index contributed by atoms with van der Waals surface area (Å²) in [5.41, 5.74) is 3.32. The molecule has 6 heteroatoms. The van der Waals surface area contributed by atoms with Crippen LogP contribution < -0.4 is 9.47 Å². The average molecular weight is 531 g/mol. The number of rotatable bonds is 10. The zero-order chi connectivity index (χ0) is 27.4. The molecule has 0 bridgehead atoms. The summed E-state index contributed by atoms with van der Waals surface area (Å²) >= 11 is 0. The van der Waals surface area contributed by atoms with Gasteiger partial charge in [0.2, 0.25) is 0 Å². The van der Waals surface area contributed by atoms with Crippen LogP contribution in [0.1, 0.15) is 70.8 Å². The van der Waals surface area contributed by atoms with Crippen LogP contribution in [0.5, 0.6) is 11.5 Å². The van der Waals surface area contributed by atoms with Gasteiger partial charge in [-0.25, -0.2) is 4.98 Å². The molecule has 0 saturated heterocycles. The van der Waals surface area contributed by atoms with Crippen molar-refractivity contribution < 1.29 is 19.1 Å². The number of aromatic nitrogens is 2. The highest BCUT2D eigenvalue weighted by Gasteiger charge is 2.51. The SMILES string of the molecule is COc1cc(/C=C(/C=O)CC2C(C)CCC3C2CCC2=CC(=O)CCC23C)ccc1OCCCn1ccnc1. The molecule has 0 spiro atoms. The second kappa shape index (κ2) is 11.9. The maximum absolute atomic E-state index is 12.3. The van der Waals surface area contributed by atoms with Gasteiger partial charge in [0.25, 0.3) is 0 Å². The van der Waals surface area contributed by atoms with Crippen molar-refractivity contribution in [3.05, 3.63) is 59.7 Å². The molecule has 3 aliphatic rings. The van der Waals surface area contributed by atoms with Gasteiger partial charge in [0.05, 0.1) is 20.0 Å². The number of carbonyl (C=O) groups is 2. The fourth-order valence-electron chi connectivity index (χ4n) is 7.60. The van der Waals surface area contributed by atoms with Gasteiger partial charge in [-0.2, -0.15) is 0 Å². The van der Waals surface area contributed by atoms with Gasteiger partial charge in [0, 0.05) is 25.4 Å². The molecule has 2 aromatic rings. The fraction of sp³-hybridized carbons (Fsp3) is 0.545. The van der Waals surface area contributed by atoms with Crippen LogP contribution >= 0.6 is 0 Å². The van der Waals surface area contributed by atoms with E-state index >= 15 is 0 Å². The number of aldehydes is 1. The van der Waals surface area contributed by atoms with Gasteiger partial charge in [-0.05, 0) is 103 Å². The Morgan fingerprint density at radius 1 is 1.21 bits per heavy atom. The van der Waals surface area contributed by atoms with Crippen LogP contribution in [0.15, 0.2) is 54.1 Å². The van der Waals surface area contributed by atoms with Gasteiger partial charge in [-0.1, -0.05) is 31.9 Å². The molecule has 0 aliphatic heterocycles. The van der Waals surface area contributed by atoms with Crippen LogP contribution in [-0.4, -0.2) is 35.3 Å². The summed E-state index contributed by atoms with van der Waals surface area (Å²) in [7, 11) is 1.65. The Balaban J connectivity index is 1.27. The number of hydrogen-bond acceptors (Lipinski definition) is 5. The first-order valence-corrected chi connectivity index (χ1v) is 14.6. The maximum atomic E-state index is 12.3. The Morgan fingerprint density at radius 3 is 2.85 bits per heavy atom. The topological polar surface area (TPSA) is 70.4 Å². The van der Waals surface area contributed by atoms with E-state index in [1.165, 1.54) is 18.4 Å². The lowest BCUT2D eigenvalue weighted by atomic mass is 9.49. The number of benzene rings is 1. The van der Waals surface area contributed by atoms with Gasteiger partial charge < -0.3 is 14.0 Å². The van der Waals surface area contributed by atoms with E-state index < -0.39 is 0 Å². The molecule has 2 saturated carbocycles. The molecule has 5 rings (SSSR count). The first-order chi connectivity index (χ1) is 18.9. The number of ether oxygens (including phenoxy) is 2. The predicted molar refractivity (Wildman–Crippen MR) is 153 cm³/mol. The third-order valence-corrected chi connectivity index (χ3v) is 9.80. The lowest BCUT2D eigenvalue weighted by molar-refractivity contribution is -0.117. The second-order valence-electron chi connectivity index (χ2n) is 12.0. The minimum atomic E-state index is 0.141. The molecule has 2 fully saturated rings. The molecule has 208 valence electrons. The largest absolute Gasteiger partial charge is 0.493 e. The van der Waals surface area contributed by atoms with E-state index in [2.05, 4.69) is 18.8 Å². The van der Waals surface area contributed by atoms with E-state index in [9.17, 15) is 9.59 Å². The van der Waals surface area contributed by atoms with Crippen LogP contribution in [0.2, 0.25) is 0 Å². The molecule has 1 aromatic heterocycles. The number of aryl methyl sites for hydroxylation is 1. The molecule has 5 unspecified atom stereocenters. The van der Waals surface area contributed by atoms with Gasteiger partial charge in [0.15, 0.2) is 17.3 Å². The number of allylic oxidation sites excluding steroid dienone is 3. The molecule has 0 radical (unpaired) electrons. The normalized spacial score (nSPS) is 28.7. The molecule has 0 amide bonds. The second-order valence-corrected chi connectivity index (χ2v) is 12.0. The Morgan fingerprint density at radius 2 is 2.08 bits per heavy atom. The van der Waals surface area contributed by atoms with Gasteiger partial charge in [-0.3, -0.25) is 9.59 Å². The number of hydrogen-bond donors (Lipinski definition) is 0. The van der Waals surface area contributed by atoms with Crippen LogP contribution in [0.3, 0.4) is 0 Å². The van der Waals surface area contributed by atoms with Crippen molar-refractivity contribution in [1.82, 2.24) is 9.55 Å². The molecular formula is C33H42N2O4. The van der Waals surface area contributed by atoms with Crippen molar-refractivity contribution in [3.8, 4) is 11.5 Å². The van der Waals surface area contributed by atoms with Crippen molar-refractivity contribution >= 4 is 18.1 Å². The number of methoxy groups -OCH3 is 1. The minimum absolute atomic E-state index is 0.141. The first-order valence-electron chi connectivity index (χ1n) is 14.6. The molecule has 1 aromatic carbocycles. The molecule has 1 heterocycles. The fourth-order valence-corrected chi connectivity index (χ4v) is 7.60. The van der Waals surface area contributed by atoms with Crippen molar-refractivity contribution in [2.75, 3.05) is 13.7 Å².